The van der Waals surface area contributed by atoms with Crippen molar-refractivity contribution in [3.05, 3.63) is 0 Å². The van der Waals surface area contributed by atoms with Crippen LogP contribution in [0.5, 0.6) is 0 Å². The second-order valence-electron chi connectivity index (χ2n) is 3.26. The van der Waals surface area contributed by atoms with Gasteiger partial charge in [-0.1, -0.05) is 13.8 Å². The molecule has 0 amide bonds. The maximum absolute atomic E-state index is 3.45. The Morgan fingerprint density at radius 2 is 2.12 bits per heavy atom. The lowest BCUT2D eigenvalue weighted by Gasteiger charge is -2.14. The molecule has 0 bridgehead atoms. The molecule has 0 spiro atoms. The van der Waals surface area contributed by atoms with Crippen LogP contribution in [-0.4, -0.2) is 17.0 Å². The van der Waals surface area contributed by atoms with Crippen molar-refractivity contribution in [1.29, 1.82) is 0 Å². The largest absolute Gasteiger partial charge is 0.242 e. The number of hydrogen-bond acceptors (Lipinski definition) is 1. The van der Waals surface area contributed by atoms with Crippen LogP contribution >= 0.6 is 16.1 Å². The van der Waals surface area contributed by atoms with Crippen LogP contribution in [0, 0.1) is 5.41 Å². The highest BCUT2D eigenvalue weighted by molar-refractivity contribution is 9.07. The molecule has 0 unspecified atom stereocenters. The highest BCUT2D eigenvalue weighted by atomic mass is 79.9. The van der Waals surface area contributed by atoms with Gasteiger partial charge in [0.25, 0.3) is 0 Å². The summed E-state index contributed by atoms with van der Waals surface area (Å²) in [7, 11) is 0. The van der Waals surface area contributed by atoms with E-state index in [4.69, 9.17) is 0 Å². The minimum absolute atomic E-state index is 0.545. The summed E-state index contributed by atoms with van der Waals surface area (Å²) >= 11 is 3.45. The first kappa shape index (κ1) is 6.56. The van der Waals surface area contributed by atoms with Gasteiger partial charge in [0.05, 0.1) is 0 Å². The lowest BCUT2D eigenvalue weighted by Crippen LogP contribution is -2.13. The third-order valence-corrected chi connectivity index (χ3v) is 2.24. The molecule has 1 fully saturated rings. The van der Waals surface area contributed by atoms with E-state index in [1.165, 1.54) is 19.5 Å². The standard InChI is InChI=1S/C6H12BrN/c1-6(2)3-4-8(7)5-6/h3-5H2,1-2H3. The molecule has 0 N–H and O–H groups in total. The quantitative estimate of drug-likeness (QED) is 0.513. The number of hydrogen-bond donors (Lipinski definition) is 0. The molecule has 0 aromatic rings. The third-order valence-electron chi connectivity index (χ3n) is 1.63. The van der Waals surface area contributed by atoms with E-state index in [0.717, 1.165) is 0 Å². The fraction of sp³-hybridized carbons (Fsp3) is 1.00. The molecule has 1 aliphatic heterocycles. The predicted molar refractivity (Wildman–Crippen MR) is 38.9 cm³/mol. The first-order valence-electron chi connectivity index (χ1n) is 3.01. The molecule has 0 aromatic heterocycles. The zero-order valence-corrected chi connectivity index (χ0v) is 7.03. The predicted octanol–water partition coefficient (Wildman–Crippen LogP) is 2.03. The molecule has 1 aliphatic rings. The van der Waals surface area contributed by atoms with Gasteiger partial charge in [0.1, 0.15) is 0 Å². The summed E-state index contributed by atoms with van der Waals surface area (Å²) in [6, 6.07) is 0. The normalized spacial score (nSPS) is 28.9. The minimum atomic E-state index is 0.545. The molecule has 1 heterocycles. The van der Waals surface area contributed by atoms with Gasteiger partial charge in [-0.15, -0.1) is 0 Å². The van der Waals surface area contributed by atoms with Crippen molar-refractivity contribution in [3.63, 3.8) is 0 Å². The second kappa shape index (κ2) is 1.99. The van der Waals surface area contributed by atoms with E-state index in [1.807, 2.05) is 0 Å². The Morgan fingerprint density at radius 3 is 2.25 bits per heavy atom. The molecule has 0 aromatic carbocycles. The molecule has 1 nitrogen and oxygen atoms in total. The Labute approximate surface area is 59.4 Å². The molecule has 0 aliphatic carbocycles. The lowest BCUT2D eigenvalue weighted by molar-refractivity contribution is 0.393. The van der Waals surface area contributed by atoms with Crippen LogP contribution in [0.1, 0.15) is 20.3 Å². The summed E-state index contributed by atoms with van der Waals surface area (Å²) in [5.41, 5.74) is 0.545. The summed E-state index contributed by atoms with van der Waals surface area (Å²) in [5, 5.41) is 0. The van der Waals surface area contributed by atoms with Gasteiger partial charge >= 0.3 is 0 Å². The smallest absolute Gasteiger partial charge is 0.0144 e. The van der Waals surface area contributed by atoms with E-state index >= 15 is 0 Å². The van der Waals surface area contributed by atoms with Gasteiger partial charge in [-0.2, -0.15) is 0 Å². The highest BCUT2D eigenvalue weighted by Crippen LogP contribution is 2.30. The maximum Gasteiger partial charge on any atom is 0.0144 e. The van der Waals surface area contributed by atoms with Crippen LogP contribution in [0.4, 0.5) is 0 Å². The van der Waals surface area contributed by atoms with Crippen molar-refractivity contribution in [3.8, 4) is 0 Å². The second-order valence-corrected chi connectivity index (χ2v) is 4.26. The molecule has 1 rings (SSSR count). The van der Waals surface area contributed by atoms with Crippen LogP contribution in [0.3, 0.4) is 0 Å². The maximum atomic E-state index is 3.45. The molecule has 2 heteroatoms. The van der Waals surface area contributed by atoms with Crippen LogP contribution in [0.15, 0.2) is 0 Å². The Kier molecular flexibility index (Phi) is 1.63. The fourth-order valence-electron chi connectivity index (χ4n) is 1.05. The van der Waals surface area contributed by atoms with Gasteiger partial charge in [0.15, 0.2) is 0 Å². The summed E-state index contributed by atoms with van der Waals surface area (Å²) in [6.45, 7) is 6.99. The van der Waals surface area contributed by atoms with Crippen molar-refractivity contribution < 1.29 is 0 Å². The van der Waals surface area contributed by atoms with Crippen molar-refractivity contribution in [2.75, 3.05) is 13.1 Å². The zero-order valence-electron chi connectivity index (χ0n) is 5.45. The monoisotopic (exact) mass is 177 g/mol. The Morgan fingerprint density at radius 1 is 1.50 bits per heavy atom. The van der Waals surface area contributed by atoms with E-state index in [2.05, 4.69) is 33.9 Å². The van der Waals surface area contributed by atoms with Gasteiger partial charge in [-0.05, 0) is 11.8 Å². The highest BCUT2D eigenvalue weighted by Gasteiger charge is 2.27. The van der Waals surface area contributed by atoms with E-state index in [1.54, 1.807) is 0 Å². The van der Waals surface area contributed by atoms with Crippen LogP contribution in [0.25, 0.3) is 0 Å². The lowest BCUT2D eigenvalue weighted by atomic mass is 9.93. The van der Waals surface area contributed by atoms with Crippen molar-refractivity contribution in [1.82, 2.24) is 3.93 Å². The summed E-state index contributed by atoms with van der Waals surface area (Å²) in [5.74, 6) is 0. The molecular weight excluding hydrogens is 166 g/mol. The van der Waals surface area contributed by atoms with Gasteiger partial charge in [-0.25, -0.2) is 3.93 Å². The number of halogens is 1. The Bertz CT molecular complexity index is 90.5. The van der Waals surface area contributed by atoms with Crippen molar-refractivity contribution in [2.45, 2.75) is 20.3 Å². The van der Waals surface area contributed by atoms with Crippen molar-refractivity contribution in [2.24, 2.45) is 5.41 Å². The molecule has 0 atom stereocenters. The van der Waals surface area contributed by atoms with Gasteiger partial charge < -0.3 is 0 Å². The van der Waals surface area contributed by atoms with Gasteiger partial charge in [0.2, 0.25) is 0 Å². The topological polar surface area (TPSA) is 3.24 Å². The first-order chi connectivity index (χ1) is 3.60. The van der Waals surface area contributed by atoms with E-state index in [0.29, 0.717) is 5.41 Å². The summed E-state index contributed by atoms with van der Waals surface area (Å²) in [6.07, 6.45) is 1.32. The Balaban J connectivity index is 2.44. The number of nitrogens with zero attached hydrogens (tertiary/aromatic N) is 1. The fourth-order valence-corrected chi connectivity index (χ4v) is 1.90. The number of rotatable bonds is 0. The van der Waals surface area contributed by atoms with Crippen LogP contribution < -0.4 is 0 Å². The van der Waals surface area contributed by atoms with E-state index in [9.17, 15) is 0 Å². The molecular formula is C6H12BrN. The molecule has 8 heavy (non-hydrogen) atoms. The molecule has 0 radical (unpaired) electrons. The van der Waals surface area contributed by atoms with Crippen molar-refractivity contribution >= 4 is 16.1 Å². The van der Waals surface area contributed by atoms with Crippen LogP contribution in [-0.2, 0) is 0 Å². The third kappa shape index (κ3) is 1.46. The summed E-state index contributed by atoms with van der Waals surface area (Å²) in [4.78, 5) is 0. The molecule has 48 valence electrons. The summed E-state index contributed by atoms with van der Waals surface area (Å²) < 4.78 is 2.20. The average Bonchev–Trinajstić information content (AvgIpc) is 1.82. The first-order valence-corrected chi connectivity index (χ1v) is 3.72. The van der Waals surface area contributed by atoms with Crippen LogP contribution in [0.2, 0.25) is 0 Å². The average molecular weight is 178 g/mol. The zero-order chi connectivity index (χ0) is 6.20. The molecule has 1 saturated heterocycles. The minimum Gasteiger partial charge on any atom is -0.242 e. The SMILES string of the molecule is CC1(C)CCN(Br)C1. The van der Waals surface area contributed by atoms with E-state index in [-0.39, 0.29) is 0 Å². The van der Waals surface area contributed by atoms with Gasteiger partial charge in [0, 0.05) is 29.2 Å². The van der Waals surface area contributed by atoms with E-state index < -0.39 is 0 Å². The molecule has 0 saturated carbocycles. The van der Waals surface area contributed by atoms with Gasteiger partial charge in [-0.3, -0.25) is 0 Å². The Hall–Kier alpha value is 0.440.